The molecule has 1 heterocycles. The maximum absolute atomic E-state index is 12.0. The first-order chi connectivity index (χ1) is 10.2. The largest absolute Gasteiger partial charge is 0.367 e. The first-order valence-corrected chi connectivity index (χ1v) is 8.09. The third-order valence-corrected chi connectivity index (χ3v) is 4.47. The van der Waals surface area contributed by atoms with Gasteiger partial charge in [-0.05, 0) is 37.0 Å². The van der Waals surface area contributed by atoms with Crippen molar-refractivity contribution in [1.29, 1.82) is 0 Å². The molecular formula is C18H29N3O. The molecule has 2 atom stereocenters. The number of urea groups is 1. The second-order valence-corrected chi connectivity index (χ2v) is 7.36. The number of hydrogen-bond acceptors (Lipinski definition) is 2. The van der Waals surface area contributed by atoms with Gasteiger partial charge in [-0.1, -0.05) is 32.9 Å². The molecule has 4 heteroatoms. The van der Waals surface area contributed by atoms with E-state index in [9.17, 15) is 4.79 Å². The van der Waals surface area contributed by atoms with Crippen LogP contribution < -0.4 is 10.2 Å². The Hall–Kier alpha value is -1.71. The van der Waals surface area contributed by atoms with Gasteiger partial charge in [0.25, 0.3) is 0 Å². The fourth-order valence-electron chi connectivity index (χ4n) is 3.24. The highest BCUT2D eigenvalue weighted by atomic mass is 16.2. The first-order valence-electron chi connectivity index (χ1n) is 8.09. The molecule has 0 spiro atoms. The number of nitrogens with zero attached hydrogens (tertiary/aromatic N) is 2. The SMILES string of the molecule is CNC(=O)N1C(C)CN(c2ccc(C(C)(C)C)cc2)CC1C. The van der Waals surface area contributed by atoms with Gasteiger partial charge in [0, 0.05) is 37.9 Å². The quantitative estimate of drug-likeness (QED) is 0.864. The van der Waals surface area contributed by atoms with E-state index in [4.69, 9.17) is 0 Å². The van der Waals surface area contributed by atoms with Gasteiger partial charge in [-0.25, -0.2) is 4.79 Å². The van der Waals surface area contributed by atoms with Gasteiger partial charge in [0.05, 0.1) is 0 Å². The molecule has 1 aromatic carbocycles. The lowest BCUT2D eigenvalue weighted by Gasteiger charge is -2.45. The van der Waals surface area contributed by atoms with Crippen LogP contribution in [0.1, 0.15) is 40.2 Å². The maximum atomic E-state index is 12.0. The van der Waals surface area contributed by atoms with Gasteiger partial charge >= 0.3 is 6.03 Å². The van der Waals surface area contributed by atoms with Crippen LogP contribution in [0, 0.1) is 0 Å². The zero-order valence-corrected chi connectivity index (χ0v) is 14.7. The molecule has 122 valence electrons. The molecule has 1 aliphatic rings. The van der Waals surface area contributed by atoms with Crippen LogP contribution in [0.15, 0.2) is 24.3 Å². The van der Waals surface area contributed by atoms with E-state index in [1.54, 1.807) is 7.05 Å². The zero-order valence-electron chi connectivity index (χ0n) is 14.7. The molecule has 0 radical (unpaired) electrons. The molecular weight excluding hydrogens is 274 g/mol. The predicted molar refractivity (Wildman–Crippen MR) is 92.6 cm³/mol. The molecule has 2 unspecified atom stereocenters. The molecule has 0 aliphatic carbocycles. The van der Waals surface area contributed by atoms with Crippen molar-refractivity contribution in [2.75, 3.05) is 25.0 Å². The van der Waals surface area contributed by atoms with Crippen molar-refractivity contribution < 1.29 is 4.79 Å². The van der Waals surface area contributed by atoms with Crippen molar-refractivity contribution in [3.05, 3.63) is 29.8 Å². The molecule has 1 N–H and O–H groups in total. The Morgan fingerprint density at radius 3 is 2.00 bits per heavy atom. The van der Waals surface area contributed by atoms with Crippen molar-refractivity contribution >= 4 is 11.7 Å². The highest BCUT2D eigenvalue weighted by molar-refractivity contribution is 5.75. The van der Waals surface area contributed by atoms with Crippen molar-refractivity contribution in [3.8, 4) is 0 Å². The van der Waals surface area contributed by atoms with Crippen molar-refractivity contribution in [1.82, 2.24) is 10.2 Å². The number of carbonyl (C=O) groups is 1. The van der Waals surface area contributed by atoms with Crippen LogP contribution >= 0.6 is 0 Å². The summed E-state index contributed by atoms with van der Waals surface area (Å²) in [4.78, 5) is 16.3. The molecule has 0 saturated carbocycles. The number of piperazine rings is 1. The average Bonchev–Trinajstić information content (AvgIpc) is 2.45. The molecule has 1 aromatic rings. The Morgan fingerprint density at radius 2 is 1.59 bits per heavy atom. The Balaban J connectivity index is 2.13. The summed E-state index contributed by atoms with van der Waals surface area (Å²) in [7, 11) is 1.69. The van der Waals surface area contributed by atoms with Crippen molar-refractivity contribution in [2.24, 2.45) is 0 Å². The van der Waals surface area contributed by atoms with Gasteiger partial charge < -0.3 is 15.1 Å². The molecule has 1 aliphatic heterocycles. The summed E-state index contributed by atoms with van der Waals surface area (Å²) < 4.78 is 0. The first kappa shape index (κ1) is 16.7. The molecule has 22 heavy (non-hydrogen) atoms. The third-order valence-electron chi connectivity index (χ3n) is 4.47. The predicted octanol–water partition coefficient (Wildman–Crippen LogP) is 3.22. The molecule has 1 saturated heterocycles. The summed E-state index contributed by atoms with van der Waals surface area (Å²) in [6.45, 7) is 12.7. The number of carbonyl (C=O) groups excluding carboxylic acids is 1. The highest BCUT2D eigenvalue weighted by Crippen LogP contribution is 2.27. The second-order valence-electron chi connectivity index (χ2n) is 7.36. The molecule has 1 fully saturated rings. The van der Waals surface area contributed by atoms with Gasteiger partial charge in [-0.3, -0.25) is 0 Å². The van der Waals surface area contributed by atoms with Crippen molar-refractivity contribution in [3.63, 3.8) is 0 Å². The van der Waals surface area contributed by atoms with Crippen LogP contribution in [-0.4, -0.2) is 43.2 Å². The Kier molecular flexibility index (Phi) is 4.69. The van der Waals surface area contributed by atoms with Gasteiger partial charge in [0.15, 0.2) is 0 Å². The van der Waals surface area contributed by atoms with Crippen LogP contribution in [0.4, 0.5) is 10.5 Å². The topological polar surface area (TPSA) is 35.6 Å². The Bertz CT molecular complexity index is 506. The van der Waals surface area contributed by atoms with E-state index in [1.165, 1.54) is 11.3 Å². The summed E-state index contributed by atoms with van der Waals surface area (Å²) in [5.41, 5.74) is 2.77. The Labute approximate surface area is 134 Å². The Morgan fingerprint density at radius 1 is 1.09 bits per heavy atom. The molecule has 0 bridgehead atoms. The van der Waals surface area contributed by atoms with Gasteiger partial charge in [-0.2, -0.15) is 0 Å². The summed E-state index contributed by atoms with van der Waals surface area (Å²) >= 11 is 0. The fraction of sp³-hybridized carbons (Fsp3) is 0.611. The minimum Gasteiger partial charge on any atom is -0.367 e. The molecule has 2 rings (SSSR count). The average molecular weight is 303 g/mol. The third kappa shape index (κ3) is 3.37. The van der Waals surface area contributed by atoms with E-state index in [0.717, 1.165) is 13.1 Å². The minimum atomic E-state index is 0.0164. The van der Waals surface area contributed by atoms with Gasteiger partial charge in [0.1, 0.15) is 0 Å². The summed E-state index contributed by atoms with van der Waals surface area (Å²) in [5, 5.41) is 2.74. The van der Waals surface area contributed by atoms with Gasteiger partial charge in [0.2, 0.25) is 0 Å². The number of nitrogens with one attached hydrogen (secondary N) is 1. The van der Waals surface area contributed by atoms with Crippen LogP contribution in [-0.2, 0) is 5.41 Å². The molecule has 4 nitrogen and oxygen atoms in total. The van der Waals surface area contributed by atoms with Crippen LogP contribution in [0.5, 0.6) is 0 Å². The molecule has 0 aromatic heterocycles. The van der Waals surface area contributed by atoms with Crippen molar-refractivity contribution in [2.45, 2.75) is 52.1 Å². The summed E-state index contributed by atoms with van der Waals surface area (Å²) in [6, 6.07) is 9.26. The lowest BCUT2D eigenvalue weighted by Crippen LogP contribution is -2.60. The normalized spacial score (nSPS) is 22.6. The number of rotatable bonds is 1. The van der Waals surface area contributed by atoms with E-state index in [2.05, 4.69) is 69.1 Å². The second kappa shape index (κ2) is 6.19. The van der Waals surface area contributed by atoms with E-state index < -0.39 is 0 Å². The van der Waals surface area contributed by atoms with E-state index in [1.807, 2.05) is 4.90 Å². The maximum Gasteiger partial charge on any atom is 0.317 e. The van der Waals surface area contributed by atoms with E-state index >= 15 is 0 Å². The lowest BCUT2D eigenvalue weighted by molar-refractivity contribution is 0.144. The number of amides is 2. The van der Waals surface area contributed by atoms with Gasteiger partial charge in [-0.15, -0.1) is 0 Å². The number of anilines is 1. The number of benzene rings is 1. The van der Waals surface area contributed by atoms with E-state index in [-0.39, 0.29) is 23.5 Å². The monoisotopic (exact) mass is 303 g/mol. The highest BCUT2D eigenvalue weighted by Gasteiger charge is 2.32. The van der Waals surface area contributed by atoms with Crippen LogP contribution in [0.3, 0.4) is 0 Å². The van der Waals surface area contributed by atoms with E-state index in [0.29, 0.717) is 0 Å². The number of hydrogen-bond donors (Lipinski definition) is 1. The minimum absolute atomic E-state index is 0.0164. The standard InChI is InChI=1S/C18H29N3O/c1-13-11-20(12-14(2)21(13)17(22)19-6)16-9-7-15(8-10-16)18(3,4)5/h7-10,13-14H,11-12H2,1-6H3,(H,19,22). The lowest BCUT2D eigenvalue weighted by atomic mass is 9.87. The summed E-state index contributed by atoms with van der Waals surface area (Å²) in [6.07, 6.45) is 0. The van der Waals surface area contributed by atoms with Crippen LogP contribution in [0.25, 0.3) is 0 Å². The summed E-state index contributed by atoms with van der Waals surface area (Å²) in [5.74, 6) is 0. The molecule has 2 amide bonds. The zero-order chi connectivity index (χ0) is 16.5. The fourth-order valence-corrected chi connectivity index (χ4v) is 3.24. The van der Waals surface area contributed by atoms with Crippen LogP contribution in [0.2, 0.25) is 0 Å². The smallest absolute Gasteiger partial charge is 0.317 e.